The van der Waals surface area contributed by atoms with Crippen LogP contribution < -0.4 is 16.5 Å². The van der Waals surface area contributed by atoms with E-state index in [1.807, 2.05) is 0 Å². The van der Waals surface area contributed by atoms with Gasteiger partial charge in [0.05, 0.1) is 15.7 Å². The maximum atomic E-state index is 12.5. The van der Waals surface area contributed by atoms with Gasteiger partial charge in [-0.2, -0.15) is 9.97 Å². The number of nitrogens with two attached hydrogens (primary N) is 1. The molecule has 7 nitrogen and oxygen atoms in total. The Morgan fingerprint density at radius 1 is 1.08 bits per heavy atom. The van der Waals surface area contributed by atoms with Crippen molar-refractivity contribution >= 4 is 35.0 Å². The zero-order valence-corrected chi connectivity index (χ0v) is 14.0. The second-order valence-electron chi connectivity index (χ2n) is 4.82. The number of rotatable bonds is 3. The molecule has 2 aromatic heterocycles. The average Bonchev–Trinajstić information content (AvgIpc) is 2.57. The first kappa shape index (κ1) is 16.4. The highest BCUT2D eigenvalue weighted by Crippen LogP contribution is 2.28. The highest BCUT2D eigenvalue weighted by atomic mass is 35.5. The second-order valence-corrected chi connectivity index (χ2v) is 5.63. The summed E-state index contributed by atoms with van der Waals surface area (Å²) in [6.07, 6.45) is 1.58. The van der Waals surface area contributed by atoms with Crippen molar-refractivity contribution in [2.24, 2.45) is 5.84 Å². The lowest BCUT2D eigenvalue weighted by atomic mass is 10.3. The lowest BCUT2D eigenvalue weighted by Crippen LogP contribution is -2.34. The highest BCUT2D eigenvalue weighted by Gasteiger charge is 2.17. The molecule has 0 aliphatic carbocycles. The van der Waals surface area contributed by atoms with Gasteiger partial charge in [-0.15, -0.1) is 0 Å². The van der Waals surface area contributed by atoms with Crippen LogP contribution in [-0.4, -0.2) is 19.5 Å². The first-order valence-corrected chi connectivity index (χ1v) is 7.62. The summed E-state index contributed by atoms with van der Waals surface area (Å²) in [4.78, 5) is 24.8. The minimum absolute atomic E-state index is 0.0237. The lowest BCUT2D eigenvalue weighted by Gasteiger charge is -2.17. The van der Waals surface area contributed by atoms with Crippen LogP contribution in [-0.2, 0) is 0 Å². The molecule has 2 N–H and O–H groups in total. The van der Waals surface area contributed by atoms with Gasteiger partial charge in [0.1, 0.15) is 11.6 Å². The average molecular weight is 363 g/mol. The number of benzene rings is 1. The summed E-state index contributed by atoms with van der Waals surface area (Å²) in [5, 5.41) is 1.77. The fourth-order valence-corrected chi connectivity index (χ4v) is 2.73. The van der Waals surface area contributed by atoms with Crippen LogP contribution in [0.3, 0.4) is 0 Å². The monoisotopic (exact) mass is 362 g/mol. The number of anilines is 2. The Hall–Kier alpha value is -2.48. The lowest BCUT2D eigenvalue weighted by molar-refractivity contribution is 0.789. The molecular weight excluding hydrogens is 351 g/mol. The zero-order chi connectivity index (χ0) is 17.3. The van der Waals surface area contributed by atoms with Crippen LogP contribution in [0, 0.1) is 6.92 Å². The molecule has 0 aliphatic heterocycles. The highest BCUT2D eigenvalue weighted by molar-refractivity contribution is 6.37. The van der Waals surface area contributed by atoms with Crippen molar-refractivity contribution in [1.82, 2.24) is 19.5 Å². The Bertz CT molecular complexity index is 924. The second kappa shape index (κ2) is 6.56. The van der Waals surface area contributed by atoms with Gasteiger partial charge in [-0.1, -0.05) is 35.3 Å². The fourth-order valence-electron chi connectivity index (χ4n) is 2.16. The first-order chi connectivity index (χ1) is 11.5. The summed E-state index contributed by atoms with van der Waals surface area (Å²) in [7, 11) is 0. The van der Waals surface area contributed by atoms with Crippen LogP contribution in [0.25, 0.3) is 5.69 Å². The van der Waals surface area contributed by atoms with Gasteiger partial charge in [0.15, 0.2) is 0 Å². The van der Waals surface area contributed by atoms with E-state index in [0.29, 0.717) is 27.4 Å². The number of hydrogen-bond donors (Lipinski definition) is 1. The molecule has 0 saturated heterocycles. The summed E-state index contributed by atoms with van der Waals surface area (Å²) in [5.74, 6) is 6.72. The number of hydrazine groups is 1. The van der Waals surface area contributed by atoms with Crippen LogP contribution >= 0.6 is 23.2 Å². The van der Waals surface area contributed by atoms with Gasteiger partial charge in [0.2, 0.25) is 0 Å². The van der Waals surface area contributed by atoms with Crippen molar-refractivity contribution in [2.45, 2.75) is 6.92 Å². The van der Waals surface area contributed by atoms with Gasteiger partial charge in [0, 0.05) is 6.20 Å². The molecule has 0 fully saturated rings. The smallest absolute Gasteiger partial charge is 0.245 e. The van der Waals surface area contributed by atoms with Crippen molar-refractivity contribution in [3.63, 3.8) is 0 Å². The molecule has 0 atom stereocenters. The number of para-hydroxylation sites is 1. The van der Waals surface area contributed by atoms with Crippen molar-refractivity contribution < 1.29 is 0 Å². The van der Waals surface area contributed by atoms with E-state index in [0.717, 1.165) is 5.01 Å². The summed E-state index contributed by atoms with van der Waals surface area (Å²) in [6.45, 7) is 1.64. The number of nitrogens with zero attached hydrogens (tertiary/aromatic N) is 5. The molecule has 0 saturated carbocycles. The molecular formula is C15H12Cl2N6O. The SMILES string of the molecule is Cc1nc(N(N)c2ccccn2)nc(=O)n1-c1c(Cl)cccc1Cl. The van der Waals surface area contributed by atoms with Crippen LogP contribution in [0.4, 0.5) is 11.8 Å². The van der Waals surface area contributed by atoms with Crippen molar-refractivity contribution in [3.8, 4) is 5.69 Å². The quantitative estimate of drug-likeness (QED) is 0.568. The van der Waals surface area contributed by atoms with E-state index in [4.69, 9.17) is 29.0 Å². The molecule has 24 heavy (non-hydrogen) atoms. The Labute approximate surface area is 147 Å². The molecule has 2 heterocycles. The molecule has 3 aromatic rings. The molecule has 122 valence electrons. The van der Waals surface area contributed by atoms with Gasteiger partial charge in [-0.25, -0.2) is 25.2 Å². The topological polar surface area (TPSA) is 89.9 Å². The largest absolute Gasteiger partial charge is 0.357 e. The maximum Gasteiger partial charge on any atom is 0.357 e. The molecule has 0 radical (unpaired) electrons. The summed E-state index contributed by atoms with van der Waals surface area (Å²) in [6, 6.07) is 10.1. The Balaban J connectivity index is 2.12. The van der Waals surface area contributed by atoms with E-state index in [9.17, 15) is 4.79 Å². The fraction of sp³-hybridized carbons (Fsp3) is 0.0667. The van der Waals surface area contributed by atoms with Crippen LogP contribution in [0.1, 0.15) is 5.82 Å². The van der Waals surface area contributed by atoms with Crippen LogP contribution in [0.5, 0.6) is 0 Å². The minimum Gasteiger partial charge on any atom is -0.245 e. The van der Waals surface area contributed by atoms with Crippen LogP contribution in [0.15, 0.2) is 47.4 Å². The van der Waals surface area contributed by atoms with Crippen molar-refractivity contribution in [3.05, 3.63) is 68.9 Å². The van der Waals surface area contributed by atoms with E-state index in [2.05, 4.69) is 15.0 Å². The molecule has 0 spiro atoms. The third kappa shape index (κ3) is 2.96. The normalized spacial score (nSPS) is 10.7. The standard InChI is InChI=1S/C15H12Cl2N6O/c1-9-20-14(23(18)12-7-2-3-8-19-12)21-15(24)22(9)13-10(16)5-4-6-11(13)17/h2-8H,18H2,1H3. The van der Waals surface area contributed by atoms with Gasteiger partial charge < -0.3 is 0 Å². The van der Waals surface area contributed by atoms with Crippen molar-refractivity contribution in [2.75, 3.05) is 5.01 Å². The predicted molar refractivity (Wildman–Crippen MR) is 92.9 cm³/mol. The zero-order valence-electron chi connectivity index (χ0n) is 12.5. The molecule has 3 rings (SSSR count). The molecule has 0 bridgehead atoms. The molecule has 1 aromatic carbocycles. The summed E-state index contributed by atoms with van der Waals surface area (Å²) in [5.41, 5.74) is -0.268. The van der Waals surface area contributed by atoms with Crippen LogP contribution in [0.2, 0.25) is 10.0 Å². The Morgan fingerprint density at radius 2 is 1.79 bits per heavy atom. The molecule has 0 aliphatic rings. The number of hydrogen-bond acceptors (Lipinski definition) is 6. The third-order valence-electron chi connectivity index (χ3n) is 3.25. The van der Waals surface area contributed by atoms with Crippen molar-refractivity contribution in [1.29, 1.82) is 0 Å². The third-order valence-corrected chi connectivity index (χ3v) is 3.86. The van der Waals surface area contributed by atoms with E-state index in [-0.39, 0.29) is 5.95 Å². The van der Waals surface area contributed by atoms with E-state index >= 15 is 0 Å². The summed E-state index contributed by atoms with van der Waals surface area (Å²) < 4.78 is 1.24. The maximum absolute atomic E-state index is 12.5. The number of aromatic nitrogens is 4. The number of halogens is 2. The Kier molecular flexibility index (Phi) is 4.48. The molecule has 0 unspecified atom stereocenters. The van der Waals surface area contributed by atoms with Gasteiger partial charge >= 0.3 is 5.69 Å². The number of aryl methyl sites for hydroxylation is 1. The minimum atomic E-state index is -0.598. The predicted octanol–water partition coefficient (Wildman–Crippen LogP) is 2.65. The summed E-state index contributed by atoms with van der Waals surface area (Å²) >= 11 is 12.3. The van der Waals surface area contributed by atoms with Gasteiger partial charge in [-0.05, 0) is 31.2 Å². The van der Waals surface area contributed by atoms with E-state index in [1.54, 1.807) is 49.5 Å². The first-order valence-electron chi connectivity index (χ1n) is 6.87. The number of pyridine rings is 1. The Morgan fingerprint density at radius 3 is 2.38 bits per heavy atom. The van der Waals surface area contributed by atoms with E-state index < -0.39 is 5.69 Å². The van der Waals surface area contributed by atoms with E-state index in [1.165, 1.54) is 4.57 Å². The van der Waals surface area contributed by atoms with Gasteiger partial charge in [-0.3, -0.25) is 0 Å². The van der Waals surface area contributed by atoms with Gasteiger partial charge in [0.25, 0.3) is 5.95 Å². The molecule has 0 amide bonds. The molecule has 9 heteroatoms.